The van der Waals surface area contributed by atoms with Crippen LogP contribution in [0.1, 0.15) is 5.56 Å². The molecule has 0 saturated carbocycles. The van der Waals surface area contributed by atoms with Gasteiger partial charge in [-0.15, -0.1) is 0 Å². The molecular formula is C19H22N2O4. The first-order chi connectivity index (χ1) is 12.2. The lowest BCUT2D eigenvalue weighted by molar-refractivity contribution is -0.146. The predicted molar refractivity (Wildman–Crippen MR) is 92.3 cm³/mol. The van der Waals surface area contributed by atoms with Crippen LogP contribution in [0, 0.1) is 0 Å². The number of para-hydroxylation sites is 1. The molecule has 2 saturated heterocycles. The van der Waals surface area contributed by atoms with Crippen molar-refractivity contribution in [1.82, 2.24) is 4.90 Å². The maximum Gasteiger partial charge on any atom is 0.253 e. The first-order valence-corrected chi connectivity index (χ1v) is 8.55. The van der Waals surface area contributed by atoms with Crippen molar-refractivity contribution < 1.29 is 18.7 Å². The summed E-state index contributed by atoms with van der Waals surface area (Å²) in [5, 5.41) is 0. The van der Waals surface area contributed by atoms with Crippen LogP contribution in [0.5, 0.6) is 0 Å². The van der Waals surface area contributed by atoms with Gasteiger partial charge in [0.2, 0.25) is 0 Å². The molecule has 2 aliphatic heterocycles. The number of morpholine rings is 1. The summed E-state index contributed by atoms with van der Waals surface area (Å²) in [6, 6.07) is 11.7. The van der Waals surface area contributed by atoms with Gasteiger partial charge in [-0.25, -0.2) is 0 Å². The standard InChI is InChI=1S/C19H22N2O4/c22-18-12-25-19(14-21(18)17-4-2-1-3-5-17)13-20(7-9-24-15-19)10-16-6-8-23-11-16/h1-6,8,11H,7,9-10,12-15H2/t19-/m0/s1. The molecule has 4 rings (SSSR count). The first-order valence-electron chi connectivity index (χ1n) is 8.55. The quantitative estimate of drug-likeness (QED) is 0.853. The lowest BCUT2D eigenvalue weighted by Gasteiger charge is -2.43. The monoisotopic (exact) mass is 342 g/mol. The van der Waals surface area contributed by atoms with Gasteiger partial charge in [-0.2, -0.15) is 0 Å². The van der Waals surface area contributed by atoms with E-state index in [1.165, 1.54) is 0 Å². The average Bonchev–Trinajstić information content (AvgIpc) is 3.07. The van der Waals surface area contributed by atoms with Crippen molar-refractivity contribution in [2.24, 2.45) is 0 Å². The fourth-order valence-electron chi connectivity index (χ4n) is 3.50. The smallest absolute Gasteiger partial charge is 0.253 e. The Labute approximate surface area is 146 Å². The molecule has 6 nitrogen and oxygen atoms in total. The molecule has 0 radical (unpaired) electrons. The number of nitrogens with zero attached hydrogens (tertiary/aromatic N) is 2. The number of hydrogen-bond acceptors (Lipinski definition) is 5. The molecular weight excluding hydrogens is 320 g/mol. The van der Waals surface area contributed by atoms with E-state index in [4.69, 9.17) is 13.9 Å². The molecule has 0 unspecified atom stereocenters. The van der Waals surface area contributed by atoms with Gasteiger partial charge in [0.25, 0.3) is 5.91 Å². The highest BCUT2D eigenvalue weighted by molar-refractivity contribution is 5.95. The summed E-state index contributed by atoms with van der Waals surface area (Å²) >= 11 is 0. The summed E-state index contributed by atoms with van der Waals surface area (Å²) in [5.41, 5.74) is 1.52. The minimum atomic E-state index is -0.510. The van der Waals surface area contributed by atoms with Crippen LogP contribution in [0.15, 0.2) is 53.3 Å². The van der Waals surface area contributed by atoms with E-state index >= 15 is 0 Å². The molecule has 2 aliphatic rings. The van der Waals surface area contributed by atoms with Crippen molar-refractivity contribution in [3.05, 3.63) is 54.5 Å². The van der Waals surface area contributed by atoms with E-state index < -0.39 is 5.60 Å². The summed E-state index contributed by atoms with van der Waals surface area (Å²) < 4.78 is 17.0. The number of ether oxygens (including phenoxy) is 2. The van der Waals surface area contributed by atoms with Crippen LogP contribution in [0.2, 0.25) is 0 Å². The minimum absolute atomic E-state index is 0.0116. The molecule has 0 N–H and O–H groups in total. The Hall–Kier alpha value is -2.15. The zero-order valence-electron chi connectivity index (χ0n) is 14.1. The molecule has 1 aromatic heterocycles. The van der Waals surface area contributed by atoms with Crippen LogP contribution >= 0.6 is 0 Å². The van der Waals surface area contributed by atoms with Gasteiger partial charge in [0.1, 0.15) is 12.2 Å². The molecule has 1 atom stereocenters. The molecule has 3 heterocycles. The molecule has 1 amide bonds. The minimum Gasteiger partial charge on any atom is -0.472 e. The number of benzene rings is 1. The molecule has 0 bridgehead atoms. The average molecular weight is 342 g/mol. The van der Waals surface area contributed by atoms with Crippen LogP contribution in [-0.2, 0) is 20.8 Å². The first kappa shape index (κ1) is 16.3. The zero-order chi connectivity index (χ0) is 17.1. The van der Waals surface area contributed by atoms with Gasteiger partial charge in [0.05, 0.1) is 32.3 Å². The largest absolute Gasteiger partial charge is 0.472 e. The lowest BCUT2D eigenvalue weighted by atomic mass is 10.0. The number of anilines is 1. The van der Waals surface area contributed by atoms with Crippen molar-refractivity contribution in [2.75, 3.05) is 44.4 Å². The number of amides is 1. The lowest BCUT2D eigenvalue weighted by Crippen LogP contribution is -2.60. The highest BCUT2D eigenvalue weighted by Gasteiger charge is 2.43. The molecule has 132 valence electrons. The van der Waals surface area contributed by atoms with E-state index in [2.05, 4.69) is 4.90 Å². The second-order valence-electron chi connectivity index (χ2n) is 6.68. The van der Waals surface area contributed by atoms with Gasteiger partial charge in [-0.05, 0) is 18.2 Å². The van der Waals surface area contributed by atoms with Gasteiger partial charge in [0.15, 0.2) is 0 Å². The number of hydrogen-bond donors (Lipinski definition) is 0. The van der Waals surface area contributed by atoms with E-state index in [-0.39, 0.29) is 12.5 Å². The number of carbonyl (C=O) groups excluding carboxylic acids is 1. The van der Waals surface area contributed by atoms with E-state index in [1.807, 2.05) is 41.3 Å². The van der Waals surface area contributed by atoms with E-state index in [1.54, 1.807) is 12.5 Å². The highest BCUT2D eigenvalue weighted by atomic mass is 16.6. The normalized spacial score (nSPS) is 25.3. The Morgan fingerprint density at radius 3 is 2.80 bits per heavy atom. The summed E-state index contributed by atoms with van der Waals surface area (Å²) in [6.45, 7) is 4.05. The third-order valence-corrected chi connectivity index (χ3v) is 4.73. The van der Waals surface area contributed by atoms with Gasteiger partial charge in [-0.3, -0.25) is 9.69 Å². The Morgan fingerprint density at radius 1 is 1.12 bits per heavy atom. The van der Waals surface area contributed by atoms with Gasteiger partial charge < -0.3 is 18.8 Å². The second kappa shape index (κ2) is 7.00. The molecule has 1 aromatic carbocycles. The fourth-order valence-corrected chi connectivity index (χ4v) is 3.50. The second-order valence-corrected chi connectivity index (χ2v) is 6.68. The zero-order valence-corrected chi connectivity index (χ0v) is 14.1. The summed E-state index contributed by atoms with van der Waals surface area (Å²) in [6.07, 6.45) is 3.45. The fraction of sp³-hybridized carbons (Fsp3) is 0.421. The van der Waals surface area contributed by atoms with Crippen molar-refractivity contribution in [3.63, 3.8) is 0 Å². The van der Waals surface area contributed by atoms with E-state index in [0.29, 0.717) is 19.8 Å². The molecule has 1 spiro atoms. The Balaban J connectivity index is 1.53. The summed E-state index contributed by atoms with van der Waals surface area (Å²) in [5.74, 6) is -0.0116. The van der Waals surface area contributed by atoms with Crippen molar-refractivity contribution >= 4 is 11.6 Å². The maximum absolute atomic E-state index is 12.4. The highest BCUT2D eigenvalue weighted by Crippen LogP contribution is 2.27. The third kappa shape index (κ3) is 3.61. The maximum atomic E-state index is 12.4. The third-order valence-electron chi connectivity index (χ3n) is 4.73. The molecule has 0 aliphatic carbocycles. The van der Waals surface area contributed by atoms with Gasteiger partial charge >= 0.3 is 0 Å². The SMILES string of the molecule is O=C1CO[C@]2(COCCN(Cc3ccoc3)C2)CN1c1ccccc1. The van der Waals surface area contributed by atoms with Crippen LogP contribution in [-0.4, -0.2) is 55.9 Å². The van der Waals surface area contributed by atoms with Crippen LogP contribution in [0.25, 0.3) is 0 Å². The molecule has 25 heavy (non-hydrogen) atoms. The predicted octanol–water partition coefficient (Wildman–Crippen LogP) is 1.91. The van der Waals surface area contributed by atoms with Crippen LogP contribution in [0.4, 0.5) is 5.69 Å². The Bertz CT molecular complexity index is 703. The Kier molecular flexibility index (Phi) is 4.57. The number of furan rings is 1. The number of carbonyl (C=O) groups is 1. The Morgan fingerprint density at radius 2 is 2.00 bits per heavy atom. The van der Waals surface area contributed by atoms with Gasteiger partial charge in [-0.1, -0.05) is 18.2 Å². The molecule has 6 heteroatoms. The topological polar surface area (TPSA) is 55.2 Å². The number of rotatable bonds is 3. The molecule has 2 fully saturated rings. The van der Waals surface area contributed by atoms with E-state index in [0.717, 1.165) is 30.9 Å². The summed E-state index contributed by atoms with van der Waals surface area (Å²) in [4.78, 5) is 16.5. The van der Waals surface area contributed by atoms with Gasteiger partial charge in [0, 0.05) is 30.9 Å². The van der Waals surface area contributed by atoms with Crippen molar-refractivity contribution in [3.8, 4) is 0 Å². The van der Waals surface area contributed by atoms with Crippen LogP contribution in [0.3, 0.4) is 0 Å². The van der Waals surface area contributed by atoms with Crippen molar-refractivity contribution in [1.29, 1.82) is 0 Å². The van der Waals surface area contributed by atoms with Crippen LogP contribution < -0.4 is 4.90 Å². The molecule has 2 aromatic rings. The summed E-state index contributed by atoms with van der Waals surface area (Å²) in [7, 11) is 0. The van der Waals surface area contributed by atoms with Crippen molar-refractivity contribution in [2.45, 2.75) is 12.1 Å². The van der Waals surface area contributed by atoms with E-state index in [9.17, 15) is 4.79 Å².